The first-order valence-corrected chi connectivity index (χ1v) is 11.3. The summed E-state index contributed by atoms with van der Waals surface area (Å²) < 4.78 is 10.7. The minimum atomic E-state index is -0.910. The molecule has 0 fully saturated rings. The zero-order valence-corrected chi connectivity index (χ0v) is 19.3. The van der Waals surface area contributed by atoms with Crippen molar-refractivity contribution in [2.75, 3.05) is 23.6 Å². The van der Waals surface area contributed by atoms with Crippen molar-refractivity contribution in [2.45, 2.75) is 19.5 Å². The van der Waals surface area contributed by atoms with Gasteiger partial charge >= 0.3 is 0 Å². The number of carbonyl (C=O) groups is 4. The maximum atomic E-state index is 13.5. The number of fused-ring (bicyclic) bond motifs is 2. The molecule has 10 nitrogen and oxygen atoms in total. The fourth-order valence-corrected chi connectivity index (χ4v) is 4.12. The molecule has 0 bridgehead atoms. The highest BCUT2D eigenvalue weighted by molar-refractivity contribution is 6.52. The van der Waals surface area contributed by atoms with E-state index in [0.717, 1.165) is 4.90 Å². The Morgan fingerprint density at radius 2 is 1.89 bits per heavy atom. The number of ether oxygens (including phenoxy) is 2. The topological polar surface area (TPSA) is 118 Å². The van der Waals surface area contributed by atoms with Gasteiger partial charge in [-0.1, -0.05) is 18.2 Å². The molecule has 0 aliphatic carbocycles. The van der Waals surface area contributed by atoms with Gasteiger partial charge in [0.1, 0.15) is 12.6 Å². The summed E-state index contributed by atoms with van der Waals surface area (Å²) in [5, 5.41) is 2.80. The van der Waals surface area contributed by atoms with Crippen molar-refractivity contribution in [3.63, 3.8) is 0 Å². The van der Waals surface area contributed by atoms with Gasteiger partial charge in [0, 0.05) is 30.7 Å². The lowest BCUT2D eigenvalue weighted by molar-refractivity contribution is -0.138. The first kappa shape index (κ1) is 23.0. The lowest BCUT2D eigenvalue weighted by Gasteiger charge is -2.30. The summed E-state index contributed by atoms with van der Waals surface area (Å²) in [6.45, 7) is 1.41. The molecule has 1 unspecified atom stereocenters. The average molecular weight is 486 g/mol. The molecule has 1 atom stereocenters. The van der Waals surface area contributed by atoms with E-state index in [0.29, 0.717) is 28.4 Å². The lowest BCUT2D eigenvalue weighted by atomic mass is 10.1. The Morgan fingerprint density at radius 1 is 1.08 bits per heavy atom. The molecule has 36 heavy (non-hydrogen) atoms. The number of nitrogens with zero attached hydrogens (tertiary/aromatic N) is 3. The van der Waals surface area contributed by atoms with Crippen LogP contribution in [0.15, 0.2) is 67.0 Å². The van der Waals surface area contributed by atoms with Crippen LogP contribution in [-0.4, -0.2) is 52.8 Å². The van der Waals surface area contributed by atoms with Gasteiger partial charge in [-0.3, -0.25) is 29.1 Å². The number of Topliss-reactive ketones (excluding diaryl/α,β-unsaturated/α-hetero) is 1. The highest BCUT2D eigenvalue weighted by Crippen LogP contribution is 2.34. The molecule has 1 N–H and O–H groups in total. The van der Waals surface area contributed by atoms with Gasteiger partial charge < -0.3 is 19.7 Å². The molecule has 3 heterocycles. The third-order valence-corrected chi connectivity index (χ3v) is 6.06. The molecule has 3 amide bonds. The zero-order chi connectivity index (χ0) is 25.2. The SMILES string of the molecule is CC(C(=O)Nc1ccc2c(c1)OCO2)N(Cc1cccnc1)C(=O)CN1C(=O)C(=O)c2ccccc21. The van der Waals surface area contributed by atoms with Gasteiger partial charge in [-0.05, 0) is 42.8 Å². The molecule has 5 rings (SSSR count). The predicted octanol–water partition coefficient (Wildman–Crippen LogP) is 2.40. The van der Waals surface area contributed by atoms with E-state index in [1.165, 1.54) is 4.90 Å². The van der Waals surface area contributed by atoms with Crippen molar-refractivity contribution in [3.05, 3.63) is 78.1 Å². The summed E-state index contributed by atoms with van der Waals surface area (Å²) in [6, 6.07) is 14.1. The molecule has 0 saturated heterocycles. The Labute approximate surface area is 206 Å². The number of amides is 3. The molecule has 10 heteroatoms. The monoisotopic (exact) mass is 486 g/mol. The summed E-state index contributed by atoms with van der Waals surface area (Å²) in [5.41, 5.74) is 1.82. The second kappa shape index (κ2) is 9.49. The number of anilines is 2. The number of ketones is 1. The number of rotatable bonds is 7. The van der Waals surface area contributed by atoms with Gasteiger partial charge in [0.15, 0.2) is 11.5 Å². The molecular formula is C26H22N4O6. The summed E-state index contributed by atoms with van der Waals surface area (Å²) >= 11 is 0. The van der Waals surface area contributed by atoms with E-state index in [2.05, 4.69) is 10.3 Å². The average Bonchev–Trinajstić information content (AvgIpc) is 3.46. The highest BCUT2D eigenvalue weighted by Gasteiger charge is 2.38. The van der Waals surface area contributed by atoms with Crippen molar-refractivity contribution >= 4 is 34.9 Å². The molecule has 2 aromatic carbocycles. The predicted molar refractivity (Wildman–Crippen MR) is 129 cm³/mol. The molecule has 0 saturated carbocycles. The van der Waals surface area contributed by atoms with Crippen molar-refractivity contribution < 1.29 is 28.7 Å². The number of para-hydroxylation sites is 1. The van der Waals surface area contributed by atoms with Crippen LogP contribution in [0.2, 0.25) is 0 Å². The molecule has 1 aromatic heterocycles. The fourth-order valence-electron chi connectivity index (χ4n) is 4.12. The smallest absolute Gasteiger partial charge is 0.299 e. The van der Waals surface area contributed by atoms with Crippen molar-refractivity contribution in [3.8, 4) is 11.5 Å². The van der Waals surface area contributed by atoms with Gasteiger partial charge in [0.05, 0.1) is 11.3 Å². The third-order valence-electron chi connectivity index (χ3n) is 6.06. The zero-order valence-electron chi connectivity index (χ0n) is 19.3. The minimum Gasteiger partial charge on any atom is -0.454 e. The first-order chi connectivity index (χ1) is 17.4. The Kier molecular flexibility index (Phi) is 6.07. The van der Waals surface area contributed by atoms with E-state index >= 15 is 0 Å². The summed E-state index contributed by atoms with van der Waals surface area (Å²) in [7, 11) is 0. The molecule has 3 aromatic rings. The van der Waals surface area contributed by atoms with Crippen LogP contribution in [0.25, 0.3) is 0 Å². The van der Waals surface area contributed by atoms with E-state index in [1.807, 2.05) is 0 Å². The maximum absolute atomic E-state index is 13.5. The van der Waals surface area contributed by atoms with Crippen LogP contribution in [0, 0.1) is 0 Å². The maximum Gasteiger partial charge on any atom is 0.299 e. The number of nitrogens with one attached hydrogen (secondary N) is 1. The van der Waals surface area contributed by atoms with E-state index in [1.54, 1.807) is 73.9 Å². The lowest BCUT2D eigenvalue weighted by Crippen LogP contribution is -2.49. The van der Waals surface area contributed by atoms with Crippen LogP contribution in [0.5, 0.6) is 11.5 Å². The molecular weight excluding hydrogens is 464 g/mol. The minimum absolute atomic E-state index is 0.0834. The molecule has 0 radical (unpaired) electrons. The van der Waals surface area contributed by atoms with E-state index < -0.39 is 29.5 Å². The summed E-state index contributed by atoms with van der Waals surface area (Å²) in [5.74, 6) is -1.27. The largest absolute Gasteiger partial charge is 0.454 e. The van der Waals surface area contributed by atoms with Crippen molar-refractivity contribution in [1.29, 1.82) is 0 Å². The Hall–Kier alpha value is -4.73. The Morgan fingerprint density at radius 3 is 2.69 bits per heavy atom. The van der Waals surface area contributed by atoms with Gasteiger partial charge in [-0.25, -0.2) is 0 Å². The van der Waals surface area contributed by atoms with Gasteiger partial charge in [-0.15, -0.1) is 0 Å². The van der Waals surface area contributed by atoms with Crippen LogP contribution in [-0.2, 0) is 20.9 Å². The Balaban J connectivity index is 1.37. The molecule has 2 aliphatic heterocycles. The highest BCUT2D eigenvalue weighted by atomic mass is 16.7. The van der Waals surface area contributed by atoms with Crippen molar-refractivity contribution in [1.82, 2.24) is 9.88 Å². The second-order valence-electron chi connectivity index (χ2n) is 8.35. The first-order valence-electron chi connectivity index (χ1n) is 11.3. The molecule has 182 valence electrons. The molecule has 2 aliphatic rings. The third kappa shape index (κ3) is 4.36. The van der Waals surface area contributed by atoms with Crippen LogP contribution in [0.3, 0.4) is 0 Å². The van der Waals surface area contributed by atoms with Crippen LogP contribution >= 0.6 is 0 Å². The van der Waals surface area contributed by atoms with Crippen LogP contribution < -0.4 is 19.7 Å². The number of hydrogen-bond donors (Lipinski definition) is 1. The normalized spacial score (nSPS) is 14.4. The van der Waals surface area contributed by atoms with E-state index in [-0.39, 0.29) is 25.4 Å². The summed E-state index contributed by atoms with van der Waals surface area (Å²) in [4.78, 5) is 58.2. The molecule has 0 spiro atoms. The number of pyridine rings is 1. The van der Waals surface area contributed by atoms with Crippen LogP contribution in [0.1, 0.15) is 22.8 Å². The van der Waals surface area contributed by atoms with E-state index in [4.69, 9.17) is 9.47 Å². The Bertz CT molecular complexity index is 1360. The number of carbonyl (C=O) groups excluding carboxylic acids is 4. The second-order valence-corrected chi connectivity index (χ2v) is 8.35. The van der Waals surface area contributed by atoms with Gasteiger partial charge in [0.25, 0.3) is 11.7 Å². The van der Waals surface area contributed by atoms with Crippen molar-refractivity contribution in [2.24, 2.45) is 0 Å². The van der Waals surface area contributed by atoms with E-state index in [9.17, 15) is 19.2 Å². The quantitative estimate of drug-likeness (QED) is 0.510. The van der Waals surface area contributed by atoms with Gasteiger partial charge in [-0.2, -0.15) is 0 Å². The number of hydrogen-bond acceptors (Lipinski definition) is 7. The number of benzene rings is 2. The standard InChI is InChI=1S/C26H22N4O6/c1-16(25(33)28-18-8-9-21-22(11-18)36-15-35-21)29(13-17-5-4-10-27-12-17)23(31)14-30-20-7-3-2-6-19(20)24(32)26(30)34/h2-12,16H,13-15H2,1H3,(H,28,33). The summed E-state index contributed by atoms with van der Waals surface area (Å²) in [6.07, 6.45) is 3.21. The fraction of sp³-hybridized carbons (Fsp3) is 0.192. The van der Waals surface area contributed by atoms with Gasteiger partial charge in [0.2, 0.25) is 18.6 Å². The van der Waals surface area contributed by atoms with Crippen LogP contribution in [0.4, 0.5) is 11.4 Å². The number of aromatic nitrogens is 1.